The van der Waals surface area contributed by atoms with Gasteiger partial charge >= 0.3 is 15.9 Å². The number of aromatic nitrogens is 3. The molecule has 3 N–H and O–H groups in total. The van der Waals surface area contributed by atoms with E-state index in [1.165, 1.54) is 27.3 Å². The van der Waals surface area contributed by atoms with E-state index in [0.29, 0.717) is 58.3 Å². The molecule has 4 amide bonds. The van der Waals surface area contributed by atoms with E-state index < -0.39 is 46.1 Å². The van der Waals surface area contributed by atoms with Gasteiger partial charge in [0, 0.05) is 44.1 Å². The van der Waals surface area contributed by atoms with Crippen LogP contribution in [-0.2, 0) is 43.0 Å². The average Bonchev–Trinajstić information content (AvgIpc) is 3.59. The van der Waals surface area contributed by atoms with Crippen molar-refractivity contribution in [1.29, 1.82) is 0 Å². The number of hydrogen-bond acceptors (Lipinski definition) is 10. The molecule has 3 aliphatic heterocycles. The topological polar surface area (TPSA) is 194 Å². The number of nitrogens with zero attached hydrogens (tertiary/aromatic N) is 5. The maximum absolute atomic E-state index is 16.2. The number of pyridine rings is 1. The molecule has 3 aliphatic rings. The molecular formula is C38H37FN8O8S. The Hall–Kier alpha value is -6.30. The number of anilines is 3. The normalized spacial score (nSPS) is 18.7. The summed E-state index contributed by atoms with van der Waals surface area (Å²) in [4.78, 5) is 69.5. The maximum atomic E-state index is 16.2. The van der Waals surface area contributed by atoms with Gasteiger partial charge < -0.3 is 15.0 Å². The number of carbonyl (C=O) groups excluding carboxylic acids is 4. The molecule has 3 fully saturated rings. The molecule has 290 valence electrons. The molecule has 0 spiro atoms. The zero-order chi connectivity index (χ0) is 39.3. The minimum Gasteiger partial charge on any atom is -0.487 e. The Morgan fingerprint density at radius 3 is 2.46 bits per heavy atom. The highest BCUT2D eigenvalue weighted by molar-refractivity contribution is 7.92. The molecule has 18 heteroatoms. The van der Waals surface area contributed by atoms with Crippen molar-refractivity contribution in [1.82, 2.24) is 24.2 Å². The fourth-order valence-corrected chi connectivity index (χ4v) is 8.76. The van der Waals surface area contributed by atoms with Gasteiger partial charge in [-0.25, -0.2) is 23.2 Å². The highest BCUT2D eigenvalue weighted by Gasteiger charge is 2.38. The van der Waals surface area contributed by atoms with E-state index in [-0.39, 0.29) is 60.4 Å². The lowest BCUT2D eigenvalue weighted by Crippen LogP contribution is -2.44. The van der Waals surface area contributed by atoms with Gasteiger partial charge in [-0.05, 0) is 72.5 Å². The van der Waals surface area contributed by atoms with Crippen LogP contribution in [-0.4, -0.2) is 65.8 Å². The third-order valence-corrected chi connectivity index (χ3v) is 11.8. The quantitative estimate of drug-likeness (QED) is 0.187. The molecular weight excluding hydrogens is 748 g/mol. The van der Waals surface area contributed by atoms with Crippen molar-refractivity contribution in [3.8, 4) is 5.75 Å². The number of rotatable bonds is 9. The molecule has 16 nitrogen and oxygen atoms in total. The Morgan fingerprint density at radius 1 is 0.982 bits per heavy atom. The van der Waals surface area contributed by atoms with Crippen molar-refractivity contribution in [3.05, 3.63) is 88.6 Å². The number of nitrogens with one attached hydrogen (secondary N) is 3. The highest BCUT2D eigenvalue weighted by Crippen LogP contribution is 2.40. The fourth-order valence-electron chi connectivity index (χ4n) is 7.60. The summed E-state index contributed by atoms with van der Waals surface area (Å²) < 4.78 is 52.9. The zero-order valence-electron chi connectivity index (χ0n) is 30.2. The predicted octanol–water partition coefficient (Wildman–Crippen LogP) is 3.01. The lowest BCUT2D eigenvalue weighted by molar-refractivity contribution is -0.135. The minimum absolute atomic E-state index is 0.00567. The molecule has 0 radical (unpaired) electrons. The van der Waals surface area contributed by atoms with Crippen LogP contribution in [0.1, 0.15) is 43.7 Å². The van der Waals surface area contributed by atoms with Crippen molar-refractivity contribution in [2.75, 3.05) is 34.2 Å². The molecule has 0 saturated carbocycles. The molecule has 3 aromatic carbocycles. The molecule has 0 bridgehead atoms. The average molecular weight is 785 g/mol. The second-order valence-corrected chi connectivity index (χ2v) is 15.8. The van der Waals surface area contributed by atoms with Crippen LogP contribution in [0.4, 0.5) is 21.6 Å². The summed E-state index contributed by atoms with van der Waals surface area (Å²) in [6.45, 7) is 0.642. The van der Waals surface area contributed by atoms with Crippen molar-refractivity contribution in [2.24, 2.45) is 13.0 Å². The van der Waals surface area contributed by atoms with Crippen LogP contribution in [0.2, 0.25) is 0 Å². The summed E-state index contributed by atoms with van der Waals surface area (Å²) in [5, 5.41) is 5.64. The first-order chi connectivity index (χ1) is 26.9. The van der Waals surface area contributed by atoms with Crippen LogP contribution in [0.5, 0.6) is 5.75 Å². The summed E-state index contributed by atoms with van der Waals surface area (Å²) in [5.41, 5.74) is 1.32. The van der Waals surface area contributed by atoms with Crippen LogP contribution in [0.25, 0.3) is 21.9 Å². The van der Waals surface area contributed by atoms with Crippen LogP contribution in [0.3, 0.4) is 0 Å². The third kappa shape index (κ3) is 6.91. The zero-order valence-corrected chi connectivity index (χ0v) is 31.0. The molecule has 0 aliphatic carbocycles. The smallest absolute Gasteiger partial charge is 0.330 e. The van der Waals surface area contributed by atoms with Crippen molar-refractivity contribution in [2.45, 2.75) is 44.8 Å². The molecule has 1 unspecified atom stereocenters. The Bertz CT molecular complexity index is 2600. The van der Waals surface area contributed by atoms with Gasteiger partial charge in [0.1, 0.15) is 36.4 Å². The van der Waals surface area contributed by atoms with E-state index in [9.17, 15) is 32.4 Å². The van der Waals surface area contributed by atoms with Crippen LogP contribution >= 0.6 is 0 Å². The lowest BCUT2D eigenvalue weighted by Gasteiger charge is -2.32. The van der Waals surface area contributed by atoms with Gasteiger partial charge in [-0.15, -0.1) is 0 Å². The Kier molecular flexibility index (Phi) is 9.43. The number of aryl methyl sites for hydroxylation is 1. The number of carbonyl (C=O) groups is 4. The molecule has 5 aromatic rings. The van der Waals surface area contributed by atoms with E-state index in [1.54, 1.807) is 37.4 Å². The maximum Gasteiger partial charge on any atom is 0.330 e. The minimum atomic E-state index is -4.35. The van der Waals surface area contributed by atoms with E-state index in [1.807, 2.05) is 22.9 Å². The summed E-state index contributed by atoms with van der Waals surface area (Å²) in [5.74, 6) is -2.13. The number of ether oxygens (including phenoxy) is 1. The van der Waals surface area contributed by atoms with E-state index in [0.717, 1.165) is 5.56 Å². The summed E-state index contributed by atoms with van der Waals surface area (Å²) in [6.07, 6.45) is 2.02. The standard InChI is InChI=1S/C38H37FN8O8S/c1-44-36-27(47(38(44)52)28-10-12-31(48)42-37(28)51)9-11-30(41-36)45-15-13-22(14-16-45)17-32(49)40-25-7-8-26-24(18-25)19-29(55-21-23-5-3-2-4-6-23)35(34(26)39)46-20-33(50)43-56(46,53)54/h2-9,11,18-19,22,28H,10,12-17,20-21H2,1H3,(H,40,49)(H,43,50)(H,42,48,51). The van der Waals surface area contributed by atoms with Crippen molar-refractivity contribution < 1.29 is 36.7 Å². The third-order valence-electron chi connectivity index (χ3n) is 10.5. The Morgan fingerprint density at radius 2 is 1.75 bits per heavy atom. The molecule has 56 heavy (non-hydrogen) atoms. The second kappa shape index (κ2) is 14.4. The molecule has 1 atom stereocenters. The molecule has 5 heterocycles. The first-order valence-electron chi connectivity index (χ1n) is 18.1. The monoisotopic (exact) mass is 784 g/mol. The number of amides is 4. The SMILES string of the molecule is Cn1c(=O)n(C2CCC(=O)NC2=O)c2ccc(N3CCC(CC(=O)Nc4ccc5c(F)c(N6CC(=O)NS6(=O)=O)c(OCc6ccccc6)cc5c4)CC3)nc21. The number of halogens is 1. The van der Waals surface area contributed by atoms with Gasteiger partial charge in [0.15, 0.2) is 11.5 Å². The van der Waals surface area contributed by atoms with Crippen LogP contribution < -0.4 is 35.0 Å². The highest BCUT2D eigenvalue weighted by atomic mass is 32.2. The van der Waals surface area contributed by atoms with Crippen molar-refractivity contribution in [3.63, 3.8) is 0 Å². The Labute approximate surface area is 319 Å². The van der Waals surface area contributed by atoms with E-state index in [2.05, 4.69) is 15.5 Å². The second-order valence-electron chi connectivity index (χ2n) is 14.2. The van der Waals surface area contributed by atoms with E-state index >= 15 is 4.39 Å². The number of hydrogen-bond donors (Lipinski definition) is 3. The lowest BCUT2D eigenvalue weighted by atomic mass is 9.93. The summed E-state index contributed by atoms with van der Waals surface area (Å²) >= 11 is 0. The first-order valence-corrected chi connectivity index (χ1v) is 19.5. The molecule has 2 aromatic heterocycles. The van der Waals surface area contributed by atoms with Gasteiger partial charge in [-0.1, -0.05) is 30.3 Å². The van der Waals surface area contributed by atoms with Gasteiger partial charge in [-0.2, -0.15) is 8.42 Å². The summed E-state index contributed by atoms with van der Waals surface area (Å²) in [6, 6.07) is 17.9. The number of fused-ring (bicyclic) bond motifs is 2. The number of benzene rings is 3. The van der Waals surface area contributed by atoms with Gasteiger partial charge in [0.25, 0.3) is 5.91 Å². The van der Waals surface area contributed by atoms with Crippen LogP contribution in [0.15, 0.2) is 71.5 Å². The van der Waals surface area contributed by atoms with Gasteiger partial charge in [0.2, 0.25) is 17.7 Å². The molecule has 3 saturated heterocycles. The van der Waals surface area contributed by atoms with E-state index in [4.69, 9.17) is 9.72 Å². The first kappa shape index (κ1) is 36.7. The largest absolute Gasteiger partial charge is 0.487 e. The summed E-state index contributed by atoms with van der Waals surface area (Å²) in [7, 11) is -2.75. The Balaban J connectivity index is 0.946. The van der Waals surface area contributed by atoms with Crippen molar-refractivity contribution >= 4 is 73.0 Å². The number of imidazole rings is 1. The number of imide groups is 1. The van der Waals surface area contributed by atoms with Gasteiger partial charge in [0.05, 0.1) is 5.52 Å². The van der Waals surface area contributed by atoms with Crippen LogP contribution in [0, 0.1) is 11.7 Å². The predicted molar refractivity (Wildman–Crippen MR) is 204 cm³/mol. The number of piperidine rings is 2. The van der Waals surface area contributed by atoms with Gasteiger partial charge in [-0.3, -0.25) is 33.6 Å². The fraction of sp³-hybridized carbons (Fsp3) is 0.316. The molecule has 8 rings (SSSR count).